The molecule has 2 aromatic carbocycles. The van der Waals surface area contributed by atoms with Crippen molar-refractivity contribution >= 4 is 27.5 Å². The number of piperidine rings is 1. The summed E-state index contributed by atoms with van der Waals surface area (Å²) in [6.07, 6.45) is 1.33. The third-order valence-corrected chi connectivity index (χ3v) is 8.54. The van der Waals surface area contributed by atoms with Crippen molar-refractivity contribution in [1.82, 2.24) is 9.62 Å². The van der Waals surface area contributed by atoms with Crippen LogP contribution in [0, 0.1) is 12.8 Å². The topological polar surface area (TPSA) is 75.7 Å². The molecule has 186 valence electrons. The number of methoxy groups -OCH3 is 1. The van der Waals surface area contributed by atoms with Crippen LogP contribution in [0.3, 0.4) is 0 Å². The number of halogens is 1. The Bertz CT molecular complexity index is 1120. The van der Waals surface area contributed by atoms with Gasteiger partial charge >= 0.3 is 0 Å². The number of ether oxygens (including phenoxy) is 1. The van der Waals surface area contributed by atoms with Gasteiger partial charge in [0.05, 0.1) is 24.8 Å². The predicted octanol–water partition coefficient (Wildman–Crippen LogP) is 5.20. The maximum Gasteiger partial charge on any atom is 0.224 e. The van der Waals surface area contributed by atoms with Gasteiger partial charge < -0.3 is 10.1 Å². The minimum absolute atomic E-state index is 0.0993. The fraction of sp³-hybridized carbons (Fsp3) is 0.500. The fourth-order valence-corrected chi connectivity index (χ4v) is 6.25. The zero-order valence-corrected chi connectivity index (χ0v) is 22.2. The van der Waals surface area contributed by atoms with E-state index in [0.29, 0.717) is 30.0 Å². The first kappa shape index (κ1) is 26.5. The first-order valence-corrected chi connectivity index (χ1v) is 13.7. The number of nitrogens with zero attached hydrogens (tertiary/aromatic N) is 1. The molecule has 1 saturated heterocycles. The van der Waals surface area contributed by atoms with Crippen molar-refractivity contribution in [1.29, 1.82) is 0 Å². The van der Waals surface area contributed by atoms with E-state index in [1.54, 1.807) is 31.4 Å². The predicted molar refractivity (Wildman–Crippen MR) is 137 cm³/mol. The smallest absolute Gasteiger partial charge is 0.224 e. The van der Waals surface area contributed by atoms with Gasteiger partial charge in [-0.25, -0.2) is 12.7 Å². The second-order valence-electron chi connectivity index (χ2n) is 9.42. The maximum atomic E-state index is 13.1. The first-order chi connectivity index (χ1) is 16.0. The molecular weight excluding hydrogens is 472 g/mol. The summed E-state index contributed by atoms with van der Waals surface area (Å²) in [5.41, 5.74) is 3.87. The van der Waals surface area contributed by atoms with Gasteiger partial charge in [0.1, 0.15) is 5.75 Å². The third-order valence-electron chi connectivity index (χ3n) is 6.48. The highest BCUT2D eigenvalue weighted by Gasteiger charge is 2.33. The summed E-state index contributed by atoms with van der Waals surface area (Å²) in [4.78, 5) is 13.1. The van der Waals surface area contributed by atoms with Crippen molar-refractivity contribution < 1.29 is 17.9 Å². The van der Waals surface area contributed by atoms with Crippen LogP contribution in [0.15, 0.2) is 36.4 Å². The van der Waals surface area contributed by atoms with Crippen LogP contribution in [0.4, 0.5) is 0 Å². The Labute approximate surface area is 208 Å². The van der Waals surface area contributed by atoms with Gasteiger partial charge in [-0.2, -0.15) is 0 Å². The number of carbonyl (C=O) groups is 1. The van der Waals surface area contributed by atoms with Crippen LogP contribution in [0.5, 0.6) is 5.75 Å². The lowest BCUT2D eigenvalue weighted by Gasteiger charge is -2.32. The molecule has 1 N–H and O–H groups in total. The van der Waals surface area contributed by atoms with Gasteiger partial charge in [0, 0.05) is 18.1 Å². The highest BCUT2D eigenvalue weighted by atomic mass is 35.5. The maximum absolute atomic E-state index is 13.1. The lowest BCUT2D eigenvalue weighted by Crippen LogP contribution is -2.46. The Hall–Kier alpha value is -2.09. The van der Waals surface area contributed by atoms with Crippen LogP contribution in [0.2, 0.25) is 5.02 Å². The van der Waals surface area contributed by atoms with Crippen molar-refractivity contribution in [3.63, 3.8) is 0 Å². The van der Waals surface area contributed by atoms with Crippen LogP contribution in [0.25, 0.3) is 0 Å². The van der Waals surface area contributed by atoms with E-state index in [1.807, 2.05) is 19.9 Å². The van der Waals surface area contributed by atoms with Crippen LogP contribution < -0.4 is 10.1 Å². The van der Waals surface area contributed by atoms with Crippen molar-refractivity contribution in [3.05, 3.63) is 63.7 Å². The molecule has 0 saturated carbocycles. The molecule has 8 heteroatoms. The van der Waals surface area contributed by atoms with Crippen LogP contribution in [0.1, 0.15) is 67.8 Å². The zero-order valence-electron chi connectivity index (χ0n) is 20.6. The second kappa shape index (κ2) is 11.1. The first-order valence-electron chi connectivity index (χ1n) is 11.7. The standard InChI is InChI=1S/C26H35ClN2O4S/c1-17(2)23-14-24(18(3)13-25(23)33-5)19(4)28-26(30)21-7-6-12-29(15-21)34(31,32)16-20-8-10-22(27)11-9-20/h8-11,13-14,17,19,21H,6-7,12,15-16H2,1-5H3,(H,28,30)/t19-,21+/m0/s1. The number of amides is 1. The zero-order chi connectivity index (χ0) is 25.0. The molecule has 1 heterocycles. The van der Waals surface area contributed by atoms with E-state index >= 15 is 0 Å². The van der Waals surface area contributed by atoms with E-state index < -0.39 is 10.0 Å². The van der Waals surface area contributed by atoms with E-state index in [0.717, 1.165) is 22.4 Å². The number of aryl methyl sites for hydroxylation is 1. The molecule has 0 aliphatic carbocycles. The molecule has 0 aromatic heterocycles. The van der Waals surface area contributed by atoms with Crippen molar-refractivity contribution in [2.75, 3.05) is 20.2 Å². The number of hydrogen-bond donors (Lipinski definition) is 1. The number of benzene rings is 2. The Morgan fingerprint density at radius 1 is 1.18 bits per heavy atom. The molecule has 3 rings (SSSR count). The Kier molecular flexibility index (Phi) is 8.66. The van der Waals surface area contributed by atoms with E-state index in [1.165, 1.54) is 4.31 Å². The molecule has 2 aromatic rings. The summed E-state index contributed by atoms with van der Waals surface area (Å²) in [5, 5.41) is 3.69. The van der Waals surface area contributed by atoms with Gasteiger partial charge in [-0.1, -0.05) is 37.6 Å². The minimum Gasteiger partial charge on any atom is -0.496 e. The minimum atomic E-state index is -3.53. The largest absolute Gasteiger partial charge is 0.496 e. The van der Waals surface area contributed by atoms with Crippen molar-refractivity contribution in [3.8, 4) is 5.75 Å². The summed E-state index contributed by atoms with van der Waals surface area (Å²) in [7, 11) is -1.86. The van der Waals surface area contributed by atoms with Crippen LogP contribution >= 0.6 is 11.6 Å². The summed E-state index contributed by atoms with van der Waals surface area (Å²) in [5.74, 6) is 0.552. The molecule has 0 unspecified atom stereocenters. The molecule has 2 atom stereocenters. The number of rotatable bonds is 8. The molecule has 1 fully saturated rings. The SMILES string of the molecule is COc1cc(C)c([C@H](C)NC(=O)[C@@H]2CCCN(S(=O)(=O)Cc3ccc(Cl)cc3)C2)cc1C(C)C. The lowest BCUT2D eigenvalue weighted by molar-refractivity contribution is -0.126. The Morgan fingerprint density at radius 2 is 1.85 bits per heavy atom. The molecular formula is C26H35ClN2O4S. The molecule has 1 amide bonds. The Morgan fingerprint density at radius 3 is 2.47 bits per heavy atom. The fourth-order valence-electron chi connectivity index (χ4n) is 4.51. The van der Waals surface area contributed by atoms with Crippen LogP contribution in [-0.4, -0.2) is 38.8 Å². The van der Waals surface area contributed by atoms with Crippen molar-refractivity contribution in [2.24, 2.45) is 5.92 Å². The molecule has 1 aliphatic heterocycles. The monoisotopic (exact) mass is 506 g/mol. The van der Waals surface area contributed by atoms with Crippen molar-refractivity contribution in [2.45, 2.75) is 58.2 Å². The summed E-state index contributed by atoms with van der Waals surface area (Å²) >= 11 is 5.91. The quantitative estimate of drug-likeness (QED) is 0.534. The van der Waals surface area contributed by atoms with Gasteiger partial charge in [0.15, 0.2) is 0 Å². The molecule has 0 spiro atoms. The number of nitrogens with one attached hydrogen (secondary N) is 1. The van der Waals surface area contributed by atoms with E-state index in [2.05, 4.69) is 25.2 Å². The normalized spacial score (nSPS) is 18.0. The van der Waals surface area contributed by atoms with Gasteiger partial charge in [-0.05, 0) is 79.1 Å². The average molecular weight is 507 g/mol. The van der Waals surface area contributed by atoms with Gasteiger partial charge in [-0.15, -0.1) is 0 Å². The number of sulfonamides is 1. The molecule has 0 bridgehead atoms. The average Bonchev–Trinajstić information content (AvgIpc) is 2.80. The van der Waals surface area contributed by atoms with E-state index in [-0.39, 0.29) is 36.1 Å². The van der Waals surface area contributed by atoms with E-state index in [9.17, 15) is 13.2 Å². The number of hydrogen-bond acceptors (Lipinski definition) is 4. The van der Waals surface area contributed by atoms with Gasteiger partial charge in [0.25, 0.3) is 0 Å². The van der Waals surface area contributed by atoms with Gasteiger partial charge in [0.2, 0.25) is 15.9 Å². The second-order valence-corrected chi connectivity index (χ2v) is 11.8. The molecule has 0 radical (unpaired) electrons. The molecule has 1 aliphatic rings. The summed E-state index contributed by atoms with van der Waals surface area (Å²) in [6.45, 7) is 8.84. The number of carbonyl (C=O) groups excluding carboxylic acids is 1. The molecule has 34 heavy (non-hydrogen) atoms. The summed E-state index contributed by atoms with van der Waals surface area (Å²) in [6, 6.07) is 10.7. The third kappa shape index (κ3) is 6.32. The highest BCUT2D eigenvalue weighted by Crippen LogP contribution is 2.32. The highest BCUT2D eigenvalue weighted by molar-refractivity contribution is 7.88. The summed E-state index contributed by atoms with van der Waals surface area (Å²) < 4.78 is 33.0. The van der Waals surface area contributed by atoms with E-state index in [4.69, 9.17) is 16.3 Å². The Balaban J connectivity index is 1.69. The molecule has 6 nitrogen and oxygen atoms in total. The lowest BCUT2D eigenvalue weighted by atomic mass is 9.92. The van der Waals surface area contributed by atoms with Gasteiger partial charge in [-0.3, -0.25) is 4.79 Å². The van der Waals surface area contributed by atoms with Crippen LogP contribution in [-0.2, 0) is 20.6 Å².